The quantitative estimate of drug-likeness (QED) is 0.933. The van der Waals surface area contributed by atoms with Gasteiger partial charge in [0, 0.05) is 13.1 Å². The topological polar surface area (TPSA) is 57.6 Å². The van der Waals surface area contributed by atoms with Gasteiger partial charge in [-0.3, -0.25) is 9.59 Å². The number of hydrogen-bond acceptors (Lipinski definition) is 2. The lowest BCUT2D eigenvalue weighted by atomic mass is 10.1. The van der Waals surface area contributed by atoms with Crippen molar-refractivity contribution in [2.24, 2.45) is 5.92 Å². The fourth-order valence-corrected chi connectivity index (χ4v) is 2.53. The molecule has 1 amide bonds. The highest BCUT2D eigenvalue weighted by molar-refractivity contribution is 6.42. The first-order valence-electron chi connectivity index (χ1n) is 5.92. The largest absolute Gasteiger partial charge is 0.481 e. The Hall–Kier alpha value is -1.26. The predicted molar refractivity (Wildman–Crippen MR) is 72.5 cm³/mol. The van der Waals surface area contributed by atoms with Crippen molar-refractivity contribution in [1.82, 2.24) is 4.90 Å². The summed E-state index contributed by atoms with van der Waals surface area (Å²) in [5.41, 5.74) is 0.665. The number of carbonyl (C=O) groups excluding carboxylic acids is 1. The van der Waals surface area contributed by atoms with Gasteiger partial charge in [0.25, 0.3) is 0 Å². The number of benzene rings is 1. The molecule has 1 unspecified atom stereocenters. The molecule has 1 aliphatic heterocycles. The van der Waals surface area contributed by atoms with Gasteiger partial charge in [-0.15, -0.1) is 0 Å². The molecule has 1 heterocycles. The van der Waals surface area contributed by atoms with Crippen LogP contribution in [0.25, 0.3) is 0 Å². The number of hydrogen-bond donors (Lipinski definition) is 1. The third-order valence-corrected chi connectivity index (χ3v) is 4.12. The number of aliphatic carboxylic acids is 1. The van der Waals surface area contributed by atoms with Crippen molar-refractivity contribution in [2.75, 3.05) is 13.1 Å². The molecule has 1 aromatic rings. The molecule has 1 N–H and O–H groups in total. The SMILES string of the molecule is O=C(O)C1CCN(C(=O)Cc2cccc(Cl)c2Cl)C1. The Morgan fingerprint density at radius 2 is 2.11 bits per heavy atom. The maximum atomic E-state index is 12.1. The van der Waals surface area contributed by atoms with E-state index < -0.39 is 11.9 Å². The van der Waals surface area contributed by atoms with E-state index in [4.69, 9.17) is 28.3 Å². The lowest BCUT2D eigenvalue weighted by molar-refractivity contribution is -0.141. The Morgan fingerprint density at radius 3 is 2.74 bits per heavy atom. The molecule has 102 valence electrons. The molecule has 0 aromatic heterocycles. The highest BCUT2D eigenvalue weighted by atomic mass is 35.5. The summed E-state index contributed by atoms with van der Waals surface area (Å²) in [4.78, 5) is 24.5. The van der Waals surface area contributed by atoms with Gasteiger partial charge in [0.05, 0.1) is 22.4 Å². The van der Waals surface area contributed by atoms with Crippen LogP contribution in [0.2, 0.25) is 10.0 Å². The molecule has 0 radical (unpaired) electrons. The third kappa shape index (κ3) is 3.19. The van der Waals surface area contributed by atoms with Gasteiger partial charge >= 0.3 is 5.97 Å². The average molecular weight is 302 g/mol. The summed E-state index contributed by atoms with van der Waals surface area (Å²) in [7, 11) is 0. The minimum atomic E-state index is -0.851. The number of likely N-dealkylation sites (tertiary alicyclic amines) is 1. The Labute approximate surface area is 120 Å². The van der Waals surface area contributed by atoms with Crippen LogP contribution >= 0.6 is 23.2 Å². The van der Waals surface area contributed by atoms with E-state index in [-0.39, 0.29) is 18.9 Å². The molecule has 1 aromatic carbocycles. The van der Waals surface area contributed by atoms with E-state index in [1.807, 2.05) is 0 Å². The second kappa shape index (κ2) is 5.80. The summed E-state index contributed by atoms with van der Waals surface area (Å²) in [5, 5.41) is 9.70. The number of halogens is 2. The van der Waals surface area contributed by atoms with Crippen LogP contribution in [0.15, 0.2) is 18.2 Å². The molecule has 1 aliphatic rings. The van der Waals surface area contributed by atoms with Crippen molar-refractivity contribution < 1.29 is 14.7 Å². The fraction of sp³-hybridized carbons (Fsp3) is 0.385. The number of carboxylic acid groups (broad SMARTS) is 1. The molecule has 2 rings (SSSR count). The summed E-state index contributed by atoms with van der Waals surface area (Å²) in [5.74, 6) is -1.43. The summed E-state index contributed by atoms with van der Waals surface area (Å²) in [6.45, 7) is 0.750. The normalized spacial score (nSPS) is 18.6. The molecule has 6 heteroatoms. The lowest BCUT2D eigenvalue weighted by Gasteiger charge is -2.16. The van der Waals surface area contributed by atoms with Crippen LogP contribution in [0.3, 0.4) is 0 Å². The highest BCUT2D eigenvalue weighted by Crippen LogP contribution is 2.26. The van der Waals surface area contributed by atoms with Crippen molar-refractivity contribution in [3.8, 4) is 0 Å². The molecule has 1 fully saturated rings. The maximum Gasteiger partial charge on any atom is 0.308 e. The van der Waals surface area contributed by atoms with E-state index in [1.54, 1.807) is 23.1 Å². The van der Waals surface area contributed by atoms with Crippen LogP contribution in [0, 0.1) is 5.92 Å². The summed E-state index contributed by atoms with van der Waals surface area (Å²) >= 11 is 11.9. The smallest absolute Gasteiger partial charge is 0.308 e. The van der Waals surface area contributed by atoms with Gasteiger partial charge in [-0.1, -0.05) is 35.3 Å². The van der Waals surface area contributed by atoms with Crippen molar-refractivity contribution in [1.29, 1.82) is 0 Å². The molecule has 0 saturated carbocycles. The van der Waals surface area contributed by atoms with Gasteiger partial charge in [0.15, 0.2) is 0 Å². The monoisotopic (exact) mass is 301 g/mol. The molecule has 4 nitrogen and oxygen atoms in total. The molecular weight excluding hydrogens is 289 g/mol. The van der Waals surface area contributed by atoms with Crippen LogP contribution in [0.4, 0.5) is 0 Å². The van der Waals surface area contributed by atoms with Gasteiger partial charge in [0.2, 0.25) is 5.91 Å². The summed E-state index contributed by atoms with van der Waals surface area (Å²) in [6.07, 6.45) is 0.649. The van der Waals surface area contributed by atoms with Crippen LogP contribution in [-0.4, -0.2) is 35.0 Å². The highest BCUT2D eigenvalue weighted by Gasteiger charge is 2.30. The Morgan fingerprint density at radius 1 is 1.37 bits per heavy atom. The number of amides is 1. The fourth-order valence-electron chi connectivity index (χ4n) is 2.15. The standard InChI is InChI=1S/C13H13Cl2NO3/c14-10-3-1-2-8(12(10)15)6-11(17)16-5-4-9(7-16)13(18)19/h1-3,9H,4-7H2,(H,18,19). The van der Waals surface area contributed by atoms with E-state index in [1.165, 1.54) is 0 Å². The van der Waals surface area contributed by atoms with Gasteiger partial charge in [0.1, 0.15) is 0 Å². The van der Waals surface area contributed by atoms with Crippen LogP contribution in [-0.2, 0) is 16.0 Å². The van der Waals surface area contributed by atoms with Crippen molar-refractivity contribution in [3.05, 3.63) is 33.8 Å². The van der Waals surface area contributed by atoms with Crippen molar-refractivity contribution >= 4 is 35.1 Å². The predicted octanol–water partition coefficient (Wildman–Crippen LogP) is 2.47. The molecule has 19 heavy (non-hydrogen) atoms. The number of rotatable bonds is 3. The van der Waals surface area contributed by atoms with Crippen LogP contribution < -0.4 is 0 Å². The first-order chi connectivity index (χ1) is 8.99. The second-order valence-electron chi connectivity index (χ2n) is 4.55. The second-order valence-corrected chi connectivity index (χ2v) is 5.34. The minimum absolute atomic E-state index is 0.118. The zero-order chi connectivity index (χ0) is 14.0. The van der Waals surface area contributed by atoms with Gasteiger partial charge < -0.3 is 10.0 Å². The maximum absolute atomic E-state index is 12.1. The minimum Gasteiger partial charge on any atom is -0.481 e. The first-order valence-corrected chi connectivity index (χ1v) is 6.68. The average Bonchev–Trinajstić information content (AvgIpc) is 2.84. The third-order valence-electron chi connectivity index (χ3n) is 3.26. The molecule has 0 bridgehead atoms. The number of carbonyl (C=O) groups is 2. The number of nitrogens with zero attached hydrogens (tertiary/aromatic N) is 1. The lowest BCUT2D eigenvalue weighted by Crippen LogP contribution is -2.31. The van der Waals surface area contributed by atoms with E-state index >= 15 is 0 Å². The van der Waals surface area contributed by atoms with E-state index in [9.17, 15) is 9.59 Å². The van der Waals surface area contributed by atoms with Crippen molar-refractivity contribution in [2.45, 2.75) is 12.8 Å². The van der Waals surface area contributed by atoms with E-state index in [2.05, 4.69) is 0 Å². The van der Waals surface area contributed by atoms with E-state index in [0.29, 0.717) is 28.6 Å². The summed E-state index contributed by atoms with van der Waals surface area (Å²) in [6, 6.07) is 5.14. The Kier molecular flexibility index (Phi) is 4.32. The van der Waals surface area contributed by atoms with Crippen LogP contribution in [0.1, 0.15) is 12.0 Å². The van der Waals surface area contributed by atoms with E-state index in [0.717, 1.165) is 0 Å². The van der Waals surface area contributed by atoms with Gasteiger partial charge in [-0.2, -0.15) is 0 Å². The molecule has 1 saturated heterocycles. The van der Waals surface area contributed by atoms with Crippen molar-refractivity contribution in [3.63, 3.8) is 0 Å². The summed E-state index contributed by atoms with van der Waals surface area (Å²) < 4.78 is 0. The zero-order valence-corrected chi connectivity index (χ0v) is 11.6. The first kappa shape index (κ1) is 14.2. The molecule has 0 spiro atoms. The molecular formula is C13H13Cl2NO3. The van der Waals surface area contributed by atoms with Gasteiger partial charge in [-0.25, -0.2) is 0 Å². The zero-order valence-electron chi connectivity index (χ0n) is 10.1. The Balaban J connectivity index is 2.02. The number of carboxylic acids is 1. The molecule has 1 atom stereocenters. The van der Waals surface area contributed by atoms with Crippen LogP contribution in [0.5, 0.6) is 0 Å². The molecule has 0 aliphatic carbocycles. The Bertz CT molecular complexity index is 519. The van der Waals surface area contributed by atoms with Gasteiger partial charge in [-0.05, 0) is 18.1 Å².